The smallest absolute Gasteiger partial charge is 0.134 e. The third-order valence-corrected chi connectivity index (χ3v) is 10.1. The molecule has 4 aliphatic rings. The number of hydrogen-bond acceptors (Lipinski definition) is 3. The number of pyridine rings is 1. The fourth-order valence-electron chi connectivity index (χ4n) is 7.36. The number of hydrogen-bond donors (Lipinski definition) is 1. The molecule has 0 bridgehead atoms. The highest BCUT2D eigenvalue weighted by atomic mass is 15.0. The van der Waals surface area contributed by atoms with E-state index in [0.717, 1.165) is 44.9 Å². The van der Waals surface area contributed by atoms with E-state index in [1.165, 1.54) is 39.0 Å². The normalized spacial score (nSPS) is 17.6. The van der Waals surface area contributed by atoms with Crippen molar-refractivity contribution in [3.05, 3.63) is 208 Å². The van der Waals surface area contributed by atoms with Gasteiger partial charge in [-0.05, 0) is 104 Å². The van der Waals surface area contributed by atoms with E-state index in [0.29, 0.717) is 0 Å². The van der Waals surface area contributed by atoms with Crippen LogP contribution in [0.5, 0.6) is 0 Å². The number of nitrogens with one attached hydrogen (secondary N) is 1. The first-order valence-electron chi connectivity index (χ1n) is 17.0. The predicted molar refractivity (Wildman–Crippen MR) is 205 cm³/mol. The molecule has 0 fully saturated rings. The zero-order chi connectivity index (χ0) is 33.7. The van der Waals surface area contributed by atoms with Crippen molar-refractivity contribution in [1.82, 2.24) is 10.3 Å². The average molecular weight is 640 g/mol. The van der Waals surface area contributed by atoms with Gasteiger partial charge >= 0.3 is 0 Å². The Morgan fingerprint density at radius 2 is 1.46 bits per heavy atom. The summed E-state index contributed by atoms with van der Waals surface area (Å²) in [5.74, 6) is 0.843. The van der Waals surface area contributed by atoms with Gasteiger partial charge in [-0.15, -0.1) is 5.73 Å². The predicted octanol–water partition coefficient (Wildman–Crippen LogP) is 10.6. The fraction of sp³-hybridized carbons (Fsp3) is 0.0851. The first-order chi connectivity index (χ1) is 24.5. The van der Waals surface area contributed by atoms with Crippen molar-refractivity contribution in [2.24, 2.45) is 4.99 Å². The van der Waals surface area contributed by atoms with Crippen LogP contribution in [-0.2, 0) is 5.41 Å². The molecule has 0 saturated carbocycles. The standard InChI is InChI=1S/C47H33N3/c1-47(2)42-15-7-14-40(42)41-25-24-37(28-43(41)47)45-29-44(49-46(50-45)38-12-6-11-36(27-38)31-9-4-3-5-10-31)35-22-20-33(21-23-35)32-16-18-34(19-17-32)39-13-8-26-48-30-39/h3-4,6,8-9,11-30,44H,1-2H3,(H,49,50). The van der Waals surface area contributed by atoms with E-state index in [4.69, 9.17) is 4.99 Å². The van der Waals surface area contributed by atoms with Crippen LogP contribution in [0.4, 0.5) is 0 Å². The molecule has 3 nitrogen and oxygen atoms in total. The monoisotopic (exact) mass is 639 g/mol. The van der Waals surface area contributed by atoms with E-state index in [-0.39, 0.29) is 11.5 Å². The van der Waals surface area contributed by atoms with E-state index >= 15 is 0 Å². The van der Waals surface area contributed by atoms with Crippen molar-refractivity contribution in [2.45, 2.75) is 25.3 Å². The second kappa shape index (κ2) is 11.9. The molecule has 50 heavy (non-hydrogen) atoms. The van der Waals surface area contributed by atoms with Gasteiger partial charge in [0.15, 0.2) is 0 Å². The summed E-state index contributed by atoms with van der Waals surface area (Å²) in [4.78, 5) is 9.55. The molecular formula is C47H33N3. The summed E-state index contributed by atoms with van der Waals surface area (Å²) in [6, 6.07) is 36.9. The number of allylic oxidation sites excluding steroid dienone is 7. The van der Waals surface area contributed by atoms with Gasteiger partial charge in [0.2, 0.25) is 0 Å². The van der Waals surface area contributed by atoms with Crippen LogP contribution in [0.25, 0.3) is 39.1 Å². The number of fused-ring (bicyclic) bond motifs is 2. The molecule has 0 saturated heterocycles. The van der Waals surface area contributed by atoms with Crippen molar-refractivity contribution >= 4 is 22.7 Å². The quantitative estimate of drug-likeness (QED) is 0.188. The first-order valence-corrected chi connectivity index (χ1v) is 17.0. The third-order valence-electron chi connectivity index (χ3n) is 10.1. The lowest BCUT2D eigenvalue weighted by molar-refractivity contribution is 0.654. The second-order valence-corrected chi connectivity index (χ2v) is 13.5. The molecule has 0 spiro atoms. The van der Waals surface area contributed by atoms with Gasteiger partial charge in [0, 0.05) is 34.5 Å². The lowest BCUT2D eigenvalue weighted by atomic mass is 9.80. The molecule has 1 N–H and O–H groups in total. The number of nitrogens with zero attached hydrogens (tertiary/aromatic N) is 2. The van der Waals surface area contributed by atoms with Crippen molar-refractivity contribution < 1.29 is 0 Å². The highest BCUT2D eigenvalue weighted by Crippen LogP contribution is 2.49. The maximum atomic E-state index is 5.28. The molecule has 3 heteroatoms. The van der Waals surface area contributed by atoms with Crippen LogP contribution >= 0.6 is 0 Å². The van der Waals surface area contributed by atoms with Crippen molar-refractivity contribution in [1.29, 1.82) is 0 Å². The topological polar surface area (TPSA) is 37.3 Å². The Balaban J connectivity index is 1.08. The van der Waals surface area contributed by atoms with Crippen molar-refractivity contribution in [2.75, 3.05) is 0 Å². The number of amidine groups is 1. The number of aliphatic imine (C=N–C) groups is 1. The van der Waals surface area contributed by atoms with Gasteiger partial charge in [0.1, 0.15) is 5.84 Å². The molecule has 3 aliphatic carbocycles. The highest BCUT2D eigenvalue weighted by Gasteiger charge is 2.37. The molecule has 1 atom stereocenters. The lowest BCUT2D eigenvalue weighted by Crippen LogP contribution is -2.31. The van der Waals surface area contributed by atoms with Gasteiger partial charge in [-0.2, -0.15) is 0 Å². The summed E-state index contributed by atoms with van der Waals surface area (Å²) in [6.07, 6.45) is 16.2. The van der Waals surface area contributed by atoms with Crippen LogP contribution in [0.1, 0.15) is 53.3 Å². The average Bonchev–Trinajstić information content (AvgIpc) is 3.77. The third kappa shape index (κ3) is 5.20. The number of benzene rings is 4. The Morgan fingerprint density at radius 3 is 2.22 bits per heavy atom. The zero-order valence-electron chi connectivity index (χ0n) is 27.9. The van der Waals surface area contributed by atoms with Gasteiger partial charge in [-0.1, -0.05) is 116 Å². The number of rotatable bonds is 6. The van der Waals surface area contributed by atoms with Gasteiger partial charge < -0.3 is 5.32 Å². The number of aromatic nitrogens is 1. The van der Waals surface area contributed by atoms with Gasteiger partial charge in [0.25, 0.3) is 0 Å². The van der Waals surface area contributed by atoms with E-state index in [1.807, 2.05) is 24.4 Å². The Hall–Kier alpha value is -6.46. The molecule has 5 aromatic rings. The summed E-state index contributed by atoms with van der Waals surface area (Å²) in [6.45, 7) is 4.61. The van der Waals surface area contributed by atoms with Crippen LogP contribution < -0.4 is 5.32 Å². The minimum atomic E-state index is -0.0936. The molecule has 4 aromatic carbocycles. The molecule has 236 valence electrons. The SMILES string of the molecule is CC1(C)C2=C(C=C=C2)c2ccc(C3=CC(c4ccc(-c5ccc(-c6cccnc6)cc5)cc4)NC(c4cccc(C5=C=C=CC=C5)c4)=N3)cc21. The molecule has 0 amide bonds. The maximum Gasteiger partial charge on any atom is 0.134 e. The minimum Gasteiger partial charge on any atom is -0.359 e. The van der Waals surface area contributed by atoms with Gasteiger partial charge in [-0.3, -0.25) is 4.98 Å². The fourth-order valence-corrected chi connectivity index (χ4v) is 7.36. The zero-order valence-corrected chi connectivity index (χ0v) is 27.9. The Morgan fingerprint density at radius 1 is 0.720 bits per heavy atom. The molecule has 1 unspecified atom stereocenters. The maximum absolute atomic E-state index is 5.28. The minimum absolute atomic E-state index is 0.0740. The van der Waals surface area contributed by atoms with Gasteiger partial charge in [-0.25, -0.2) is 4.99 Å². The summed E-state index contributed by atoms with van der Waals surface area (Å²) in [5.41, 5.74) is 25.8. The van der Waals surface area contributed by atoms with Crippen LogP contribution in [0, 0.1) is 0 Å². The van der Waals surface area contributed by atoms with Crippen molar-refractivity contribution in [3.63, 3.8) is 0 Å². The molecular weight excluding hydrogens is 607 g/mol. The first kappa shape index (κ1) is 29.7. The Kier molecular flexibility index (Phi) is 7.06. The lowest BCUT2D eigenvalue weighted by Gasteiger charge is -2.26. The molecule has 1 aromatic heterocycles. The van der Waals surface area contributed by atoms with E-state index in [2.05, 4.69) is 163 Å². The summed E-state index contributed by atoms with van der Waals surface area (Å²) in [5, 5.41) is 3.77. The summed E-state index contributed by atoms with van der Waals surface area (Å²) >= 11 is 0. The largest absolute Gasteiger partial charge is 0.359 e. The highest BCUT2D eigenvalue weighted by molar-refractivity contribution is 6.04. The van der Waals surface area contributed by atoms with Crippen molar-refractivity contribution in [3.8, 4) is 22.3 Å². The molecule has 2 heterocycles. The second-order valence-electron chi connectivity index (χ2n) is 13.5. The summed E-state index contributed by atoms with van der Waals surface area (Å²) < 4.78 is 0. The summed E-state index contributed by atoms with van der Waals surface area (Å²) in [7, 11) is 0. The van der Waals surface area contributed by atoms with Crippen LogP contribution in [0.2, 0.25) is 0 Å². The molecule has 0 radical (unpaired) electrons. The molecule has 1 aliphatic heterocycles. The Bertz CT molecular complexity index is 2500. The van der Waals surface area contributed by atoms with Gasteiger partial charge in [0.05, 0.1) is 11.7 Å². The van der Waals surface area contributed by atoms with E-state index in [9.17, 15) is 0 Å². The molecule has 9 rings (SSSR count). The van der Waals surface area contributed by atoms with Crippen LogP contribution in [-0.4, -0.2) is 10.8 Å². The van der Waals surface area contributed by atoms with E-state index in [1.54, 1.807) is 6.20 Å². The Labute approximate surface area is 292 Å². The van der Waals surface area contributed by atoms with E-state index < -0.39 is 0 Å². The van der Waals surface area contributed by atoms with Crippen LogP contribution in [0.3, 0.4) is 0 Å². The van der Waals surface area contributed by atoms with Crippen LogP contribution in [0.15, 0.2) is 180 Å².